The van der Waals surface area contributed by atoms with Gasteiger partial charge in [0.05, 0.1) is 16.6 Å². The third kappa shape index (κ3) is 4.10. The second-order valence-electron chi connectivity index (χ2n) is 6.39. The Morgan fingerprint density at radius 3 is 2.48 bits per heavy atom. The fraction of sp³-hybridized carbons (Fsp3) is 0.0500. The zero-order valence-corrected chi connectivity index (χ0v) is 17.3. The summed E-state index contributed by atoms with van der Waals surface area (Å²) in [7, 11) is -4.07. The molecule has 0 saturated carbocycles. The number of carbonyl (C=O) groups is 1. The third-order valence-corrected chi connectivity index (χ3v) is 6.78. The van der Waals surface area contributed by atoms with Crippen LogP contribution in [0.3, 0.4) is 0 Å². The van der Waals surface area contributed by atoms with Gasteiger partial charge in [0, 0.05) is 0 Å². The topological polar surface area (TPSA) is 121 Å². The number of ether oxygens (including phenoxy) is 1. The van der Waals surface area contributed by atoms with Crippen molar-refractivity contribution in [1.29, 1.82) is 0 Å². The molecule has 0 radical (unpaired) electrons. The highest BCUT2D eigenvalue weighted by atomic mass is 32.2. The van der Waals surface area contributed by atoms with E-state index in [4.69, 9.17) is 9.88 Å². The van der Waals surface area contributed by atoms with Gasteiger partial charge in [0.25, 0.3) is 5.56 Å². The predicted octanol–water partition coefficient (Wildman–Crippen LogP) is 2.59. The number of para-hydroxylation sites is 1. The summed E-state index contributed by atoms with van der Waals surface area (Å²) in [5.41, 5.74) is -0.543. The maximum Gasteiger partial charge on any atom is 0.338 e. The zero-order valence-electron chi connectivity index (χ0n) is 15.7. The molecule has 0 spiro atoms. The molecule has 2 aromatic heterocycles. The average Bonchev–Trinajstić information content (AvgIpc) is 3.19. The average molecular weight is 459 g/mol. The number of primary sulfonamides is 1. The molecule has 4 rings (SSSR count). The van der Waals surface area contributed by atoms with E-state index >= 15 is 0 Å². The van der Waals surface area contributed by atoms with Crippen LogP contribution in [0.15, 0.2) is 69.7 Å². The molecule has 158 valence electrons. The van der Waals surface area contributed by atoms with E-state index in [-0.39, 0.29) is 31.5 Å². The van der Waals surface area contributed by atoms with Crippen LogP contribution in [-0.2, 0) is 21.4 Å². The van der Waals surface area contributed by atoms with Gasteiger partial charge in [-0.15, -0.1) is 11.3 Å². The van der Waals surface area contributed by atoms with E-state index in [0.29, 0.717) is 11.3 Å². The normalized spacial score (nSPS) is 11.5. The molecule has 2 aromatic carbocycles. The van der Waals surface area contributed by atoms with Gasteiger partial charge in [0.1, 0.15) is 21.5 Å². The Hall–Kier alpha value is -3.41. The summed E-state index contributed by atoms with van der Waals surface area (Å²) >= 11 is 0.700. The summed E-state index contributed by atoms with van der Waals surface area (Å²) in [6.45, 7) is -0.449. The summed E-state index contributed by atoms with van der Waals surface area (Å²) in [5.74, 6) is -1.44. The van der Waals surface area contributed by atoms with E-state index in [9.17, 15) is 22.4 Å². The second-order valence-corrected chi connectivity index (χ2v) is 9.21. The molecular formula is C20H14FN3O5S2. The van der Waals surface area contributed by atoms with Gasteiger partial charge in [-0.05, 0) is 30.3 Å². The molecule has 0 aliphatic carbocycles. The van der Waals surface area contributed by atoms with Crippen LogP contribution in [0.5, 0.6) is 0 Å². The second kappa shape index (κ2) is 8.02. The minimum absolute atomic E-state index is 0.0459. The Morgan fingerprint density at radius 1 is 1.13 bits per heavy atom. The van der Waals surface area contributed by atoms with Gasteiger partial charge < -0.3 is 4.74 Å². The lowest BCUT2D eigenvalue weighted by molar-refractivity contribution is 0.0459. The fourth-order valence-corrected chi connectivity index (χ4v) is 4.66. The molecule has 0 bridgehead atoms. The standard InChI is InChI=1S/C20H14FN3O5S2/c21-14-8-4-5-9-15(14)24-16(11-29-20(26)12-6-2-1-3-7-12)23-18-13(19(24)25)10-17(30-18)31(22,27)28/h1-10H,11H2,(H2,22,27,28). The first kappa shape index (κ1) is 20.8. The molecule has 0 amide bonds. The fourth-order valence-electron chi connectivity index (χ4n) is 2.91. The molecule has 8 nitrogen and oxygen atoms in total. The summed E-state index contributed by atoms with van der Waals surface area (Å²) in [5, 5.41) is 5.12. The zero-order chi connectivity index (χ0) is 22.2. The lowest BCUT2D eigenvalue weighted by Crippen LogP contribution is -2.25. The molecule has 2 N–H and O–H groups in total. The number of esters is 1. The highest BCUT2D eigenvalue weighted by Crippen LogP contribution is 2.26. The minimum Gasteiger partial charge on any atom is -0.454 e. The van der Waals surface area contributed by atoms with Crippen molar-refractivity contribution >= 4 is 37.5 Å². The van der Waals surface area contributed by atoms with E-state index in [0.717, 1.165) is 16.7 Å². The van der Waals surface area contributed by atoms with Gasteiger partial charge in [-0.3, -0.25) is 9.36 Å². The number of halogens is 1. The van der Waals surface area contributed by atoms with Crippen LogP contribution < -0.4 is 10.7 Å². The van der Waals surface area contributed by atoms with Crippen molar-refractivity contribution in [2.24, 2.45) is 5.14 Å². The summed E-state index contributed by atoms with van der Waals surface area (Å²) in [6.07, 6.45) is 0. The minimum atomic E-state index is -4.07. The van der Waals surface area contributed by atoms with Crippen LogP contribution in [0.4, 0.5) is 4.39 Å². The lowest BCUT2D eigenvalue weighted by Gasteiger charge is -2.13. The molecule has 2 heterocycles. The van der Waals surface area contributed by atoms with E-state index in [1.165, 1.54) is 18.2 Å². The molecule has 0 unspecified atom stereocenters. The first-order valence-electron chi connectivity index (χ1n) is 8.81. The summed E-state index contributed by atoms with van der Waals surface area (Å²) < 4.78 is 43.9. The van der Waals surface area contributed by atoms with Gasteiger partial charge in [0.2, 0.25) is 10.0 Å². The van der Waals surface area contributed by atoms with Crippen molar-refractivity contribution < 1.29 is 22.3 Å². The molecular weight excluding hydrogens is 445 g/mol. The molecule has 0 fully saturated rings. The van der Waals surface area contributed by atoms with Crippen molar-refractivity contribution in [2.45, 2.75) is 10.8 Å². The highest BCUT2D eigenvalue weighted by molar-refractivity contribution is 7.91. The molecule has 0 saturated heterocycles. The first-order chi connectivity index (χ1) is 14.8. The highest BCUT2D eigenvalue weighted by Gasteiger charge is 2.21. The van der Waals surface area contributed by atoms with E-state index < -0.39 is 34.0 Å². The van der Waals surface area contributed by atoms with Crippen molar-refractivity contribution in [3.05, 3.63) is 88.2 Å². The first-order valence-corrected chi connectivity index (χ1v) is 11.2. The van der Waals surface area contributed by atoms with Crippen molar-refractivity contribution in [3.63, 3.8) is 0 Å². The number of sulfonamides is 1. The maximum absolute atomic E-state index is 14.5. The van der Waals surface area contributed by atoms with Crippen molar-refractivity contribution in [2.75, 3.05) is 0 Å². The monoisotopic (exact) mass is 459 g/mol. The van der Waals surface area contributed by atoms with Gasteiger partial charge in [-0.2, -0.15) is 0 Å². The van der Waals surface area contributed by atoms with Gasteiger partial charge in [-0.25, -0.2) is 27.7 Å². The van der Waals surface area contributed by atoms with Crippen LogP contribution in [0.2, 0.25) is 0 Å². The lowest BCUT2D eigenvalue weighted by atomic mass is 10.2. The van der Waals surface area contributed by atoms with E-state index in [1.54, 1.807) is 30.3 Å². The van der Waals surface area contributed by atoms with E-state index in [1.807, 2.05) is 0 Å². The molecule has 11 heteroatoms. The molecule has 0 atom stereocenters. The SMILES string of the molecule is NS(=O)(=O)c1cc2c(=O)n(-c3ccccc3F)c(COC(=O)c3ccccc3)nc2s1. The Labute approximate surface area is 179 Å². The third-order valence-electron chi connectivity index (χ3n) is 4.33. The smallest absolute Gasteiger partial charge is 0.338 e. The molecule has 31 heavy (non-hydrogen) atoms. The Morgan fingerprint density at radius 2 is 1.81 bits per heavy atom. The van der Waals surface area contributed by atoms with Crippen LogP contribution in [-0.4, -0.2) is 23.9 Å². The summed E-state index contributed by atoms with van der Waals surface area (Å²) in [6, 6.07) is 14.8. The number of aromatic nitrogens is 2. The Kier molecular flexibility index (Phi) is 5.39. The van der Waals surface area contributed by atoms with E-state index in [2.05, 4.69) is 4.98 Å². The number of fused-ring (bicyclic) bond motifs is 1. The maximum atomic E-state index is 14.5. The molecule has 0 aliphatic rings. The van der Waals surface area contributed by atoms with Gasteiger partial charge in [0.15, 0.2) is 5.82 Å². The number of rotatable bonds is 5. The number of nitrogens with two attached hydrogens (primary N) is 1. The quantitative estimate of drug-likeness (QED) is 0.458. The van der Waals surface area contributed by atoms with Crippen molar-refractivity contribution in [1.82, 2.24) is 9.55 Å². The molecule has 0 aliphatic heterocycles. The Balaban J connectivity index is 1.86. The van der Waals surface area contributed by atoms with Crippen LogP contribution >= 0.6 is 11.3 Å². The number of thiophene rings is 1. The molecule has 4 aromatic rings. The van der Waals surface area contributed by atoms with Crippen LogP contribution in [0.25, 0.3) is 15.9 Å². The number of hydrogen-bond donors (Lipinski definition) is 1. The van der Waals surface area contributed by atoms with Crippen LogP contribution in [0.1, 0.15) is 16.2 Å². The van der Waals surface area contributed by atoms with Crippen molar-refractivity contribution in [3.8, 4) is 5.69 Å². The largest absolute Gasteiger partial charge is 0.454 e. The number of hydrogen-bond acceptors (Lipinski definition) is 7. The Bertz CT molecular complexity index is 1460. The van der Waals surface area contributed by atoms with Gasteiger partial charge in [-0.1, -0.05) is 30.3 Å². The number of nitrogens with zero attached hydrogens (tertiary/aromatic N) is 2. The summed E-state index contributed by atoms with van der Waals surface area (Å²) in [4.78, 5) is 29.8. The van der Waals surface area contributed by atoms with Crippen LogP contribution in [0, 0.1) is 5.82 Å². The predicted molar refractivity (Wildman–Crippen MR) is 112 cm³/mol. The number of carbonyl (C=O) groups excluding carboxylic acids is 1. The number of benzene rings is 2. The van der Waals surface area contributed by atoms with Gasteiger partial charge >= 0.3 is 5.97 Å².